The van der Waals surface area contributed by atoms with Gasteiger partial charge in [-0.05, 0) is 43.6 Å². The fourth-order valence-corrected chi connectivity index (χ4v) is 4.05. The van der Waals surface area contributed by atoms with E-state index in [2.05, 4.69) is 32.4 Å². The predicted molar refractivity (Wildman–Crippen MR) is 89.4 cm³/mol. The van der Waals surface area contributed by atoms with Crippen LogP contribution in [0.1, 0.15) is 30.3 Å². The Balaban J connectivity index is 1.62. The number of hydrogen-bond donors (Lipinski definition) is 3. The minimum atomic E-state index is 0.505. The molecule has 23 heavy (non-hydrogen) atoms. The summed E-state index contributed by atoms with van der Waals surface area (Å²) in [5.74, 6) is 1.63. The van der Waals surface area contributed by atoms with E-state index < -0.39 is 0 Å². The van der Waals surface area contributed by atoms with Gasteiger partial charge in [-0.3, -0.25) is 5.10 Å². The number of nitrogens with zero attached hydrogens (tertiary/aromatic N) is 3. The highest BCUT2D eigenvalue weighted by molar-refractivity contribution is 5.80. The molecule has 2 atom stereocenters. The van der Waals surface area contributed by atoms with Crippen LogP contribution in [-0.4, -0.2) is 32.2 Å². The van der Waals surface area contributed by atoms with Crippen molar-refractivity contribution in [3.8, 4) is 11.5 Å². The fraction of sp³-hybridized carbons (Fsp3) is 0.471. The largest absolute Gasteiger partial charge is 0.387 e. The average Bonchev–Trinajstić information content (AvgIpc) is 2.83. The quantitative estimate of drug-likeness (QED) is 0.680. The Morgan fingerprint density at radius 2 is 2.22 bits per heavy atom. The maximum absolute atomic E-state index is 4.73. The van der Waals surface area contributed by atoms with Gasteiger partial charge in [0.2, 0.25) is 0 Å². The maximum atomic E-state index is 4.73. The molecule has 0 radical (unpaired) electrons. The molecule has 2 aliphatic carbocycles. The molecule has 6 nitrogen and oxygen atoms in total. The third-order valence-electron chi connectivity index (χ3n) is 5.68. The first kappa shape index (κ1) is 13.1. The van der Waals surface area contributed by atoms with Crippen molar-refractivity contribution in [2.75, 3.05) is 12.4 Å². The van der Waals surface area contributed by atoms with Gasteiger partial charge < -0.3 is 10.3 Å². The van der Waals surface area contributed by atoms with Crippen LogP contribution in [0.4, 0.5) is 5.69 Å². The Labute approximate surface area is 134 Å². The highest BCUT2D eigenvalue weighted by Gasteiger charge is 2.53. The van der Waals surface area contributed by atoms with Crippen molar-refractivity contribution in [1.82, 2.24) is 25.1 Å². The number of aryl methyl sites for hydroxylation is 1. The zero-order valence-electron chi connectivity index (χ0n) is 13.6. The Bertz CT molecular complexity index is 936. The molecule has 0 aromatic carbocycles. The molecule has 3 heterocycles. The summed E-state index contributed by atoms with van der Waals surface area (Å²) in [7, 11) is 1.90. The van der Waals surface area contributed by atoms with Crippen molar-refractivity contribution in [2.24, 2.45) is 11.3 Å². The van der Waals surface area contributed by atoms with Gasteiger partial charge in [0.05, 0.1) is 11.4 Å². The van der Waals surface area contributed by atoms with E-state index in [9.17, 15) is 0 Å². The second-order valence-electron chi connectivity index (χ2n) is 7.29. The molecular weight excluding hydrogens is 288 g/mol. The first-order valence-corrected chi connectivity index (χ1v) is 8.19. The topological polar surface area (TPSA) is 82.3 Å². The normalized spacial score (nSPS) is 25.3. The van der Waals surface area contributed by atoms with Gasteiger partial charge in [0.1, 0.15) is 11.2 Å². The van der Waals surface area contributed by atoms with Crippen molar-refractivity contribution >= 4 is 16.9 Å². The van der Waals surface area contributed by atoms with Crippen LogP contribution in [-0.2, 0) is 12.8 Å². The molecule has 0 spiro atoms. The summed E-state index contributed by atoms with van der Waals surface area (Å²) in [6, 6.07) is 2.04. The first-order chi connectivity index (χ1) is 11.1. The van der Waals surface area contributed by atoms with Crippen LogP contribution in [0, 0.1) is 18.3 Å². The van der Waals surface area contributed by atoms with Gasteiger partial charge in [-0.2, -0.15) is 5.10 Å². The Morgan fingerprint density at radius 1 is 1.35 bits per heavy atom. The Hall–Kier alpha value is -2.37. The van der Waals surface area contributed by atoms with Gasteiger partial charge in [0, 0.05) is 18.3 Å². The molecule has 3 aromatic rings. The molecule has 0 saturated heterocycles. The third-order valence-corrected chi connectivity index (χ3v) is 5.68. The van der Waals surface area contributed by atoms with E-state index in [0.29, 0.717) is 5.41 Å². The number of pyridine rings is 1. The summed E-state index contributed by atoms with van der Waals surface area (Å²) in [4.78, 5) is 12.7. The zero-order valence-corrected chi connectivity index (χ0v) is 13.6. The van der Waals surface area contributed by atoms with E-state index in [-0.39, 0.29) is 0 Å². The Kier molecular flexibility index (Phi) is 2.35. The lowest BCUT2D eigenvalue weighted by atomic mass is 9.88. The zero-order chi connectivity index (χ0) is 15.8. The third kappa shape index (κ3) is 1.77. The number of imidazole rings is 1. The summed E-state index contributed by atoms with van der Waals surface area (Å²) in [5.41, 5.74) is 7.77. The fourth-order valence-electron chi connectivity index (χ4n) is 4.05. The number of hydrogen-bond acceptors (Lipinski definition) is 4. The van der Waals surface area contributed by atoms with E-state index >= 15 is 0 Å². The van der Waals surface area contributed by atoms with Crippen molar-refractivity contribution in [1.29, 1.82) is 0 Å². The van der Waals surface area contributed by atoms with Crippen molar-refractivity contribution in [3.63, 3.8) is 0 Å². The molecule has 2 aliphatic rings. The minimum absolute atomic E-state index is 0.505. The van der Waals surface area contributed by atoms with Crippen molar-refractivity contribution < 1.29 is 0 Å². The lowest BCUT2D eigenvalue weighted by Crippen LogP contribution is -2.13. The Morgan fingerprint density at radius 3 is 3.04 bits per heavy atom. The number of rotatable bonds is 2. The molecule has 1 saturated carbocycles. The van der Waals surface area contributed by atoms with E-state index in [0.717, 1.165) is 52.8 Å². The number of anilines is 1. The average molecular weight is 308 g/mol. The SMILES string of the molecule is CNc1cc2nc(-c3n[nH]c4c3C[C@@H]3CC3(C)C4)[nH]c2nc1C. The molecule has 0 aliphatic heterocycles. The van der Waals surface area contributed by atoms with Crippen LogP contribution in [0.25, 0.3) is 22.7 Å². The number of fused-ring (bicyclic) bond motifs is 3. The van der Waals surface area contributed by atoms with Crippen LogP contribution in [0.3, 0.4) is 0 Å². The van der Waals surface area contributed by atoms with Crippen LogP contribution in [0.5, 0.6) is 0 Å². The molecule has 5 rings (SSSR count). The van der Waals surface area contributed by atoms with Gasteiger partial charge >= 0.3 is 0 Å². The highest BCUT2D eigenvalue weighted by atomic mass is 15.2. The summed E-state index contributed by atoms with van der Waals surface area (Å²) in [6.07, 6.45) is 3.56. The molecule has 6 heteroatoms. The molecule has 1 unspecified atom stereocenters. The highest BCUT2D eigenvalue weighted by Crippen LogP contribution is 2.59. The van der Waals surface area contributed by atoms with Gasteiger partial charge in [-0.25, -0.2) is 9.97 Å². The molecule has 0 amide bonds. The van der Waals surface area contributed by atoms with Gasteiger partial charge in [-0.1, -0.05) is 6.92 Å². The molecule has 3 N–H and O–H groups in total. The number of H-pyrrole nitrogens is 2. The lowest BCUT2D eigenvalue weighted by molar-refractivity contribution is 0.467. The van der Waals surface area contributed by atoms with Crippen LogP contribution in [0.2, 0.25) is 0 Å². The summed E-state index contributed by atoms with van der Waals surface area (Å²) < 4.78 is 0. The van der Waals surface area contributed by atoms with Gasteiger partial charge in [-0.15, -0.1) is 0 Å². The standard InChI is InChI=1S/C17H20N6/c1-8-11(18-3)5-12-15(19-8)21-16(20-12)14-10-4-9-6-17(9,2)7-13(10)22-23-14/h5,9,18H,4,6-7H2,1-3H3,(H,22,23)(H,19,20,21)/t9-,17?/m1/s1. The smallest absolute Gasteiger partial charge is 0.160 e. The van der Waals surface area contributed by atoms with E-state index in [1.165, 1.54) is 17.7 Å². The van der Waals surface area contributed by atoms with Gasteiger partial charge in [0.25, 0.3) is 0 Å². The van der Waals surface area contributed by atoms with E-state index in [1.54, 1.807) is 0 Å². The number of aromatic nitrogens is 5. The second kappa shape index (κ2) is 4.13. The summed E-state index contributed by atoms with van der Waals surface area (Å²) in [5, 5.41) is 11.0. The predicted octanol–water partition coefficient (Wildman–Crippen LogP) is 2.82. The lowest BCUT2D eigenvalue weighted by Gasteiger charge is -2.17. The van der Waals surface area contributed by atoms with Crippen LogP contribution >= 0.6 is 0 Å². The van der Waals surface area contributed by atoms with Crippen molar-refractivity contribution in [2.45, 2.75) is 33.1 Å². The van der Waals surface area contributed by atoms with Crippen LogP contribution in [0.15, 0.2) is 6.07 Å². The molecule has 3 aromatic heterocycles. The molecule has 1 fully saturated rings. The van der Waals surface area contributed by atoms with Crippen molar-refractivity contribution in [3.05, 3.63) is 23.0 Å². The second-order valence-corrected chi connectivity index (χ2v) is 7.29. The molecular formula is C17H20N6. The molecule has 0 bridgehead atoms. The first-order valence-electron chi connectivity index (χ1n) is 8.19. The van der Waals surface area contributed by atoms with Gasteiger partial charge in [0.15, 0.2) is 11.5 Å². The number of aromatic amines is 2. The number of nitrogens with one attached hydrogen (secondary N) is 3. The van der Waals surface area contributed by atoms with Crippen LogP contribution < -0.4 is 5.32 Å². The van der Waals surface area contributed by atoms with E-state index in [4.69, 9.17) is 4.98 Å². The monoisotopic (exact) mass is 308 g/mol. The summed E-state index contributed by atoms with van der Waals surface area (Å²) in [6.45, 7) is 4.38. The minimum Gasteiger partial charge on any atom is -0.387 e. The molecule has 118 valence electrons. The summed E-state index contributed by atoms with van der Waals surface area (Å²) >= 11 is 0. The maximum Gasteiger partial charge on any atom is 0.160 e. The van der Waals surface area contributed by atoms with E-state index in [1.807, 2.05) is 20.0 Å².